The molecule has 0 spiro atoms. The third-order valence-electron chi connectivity index (χ3n) is 2.38. The summed E-state index contributed by atoms with van der Waals surface area (Å²) in [6, 6.07) is 1.26. The van der Waals surface area contributed by atoms with Crippen LogP contribution in [0.15, 0.2) is 17.8 Å². The van der Waals surface area contributed by atoms with Crippen LogP contribution in [0.5, 0.6) is 0 Å². The smallest absolute Gasteiger partial charge is 0.167 e. The Kier molecular flexibility index (Phi) is 3.59. The van der Waals surface area contributed by atoms with Crippen LogP contribution in [0.4, 0.5) is 10.2 Å². The van der Waals surface area contributed by atoms with Crippen molar-refractivity contribution in [2.24, 2.45) is 0 Å². The largest absolute Gasteiger partial charge is 0.352 e. The number of anilines is 1. The van der Waals surface area contributed by atoms with Crippen LogP contribution in [0.2, 0.25) is 5.02 Å². The zero-order valence-electron chi connectivity index (χ0n) is 9.44. The van der Waals surface area contributed by atoms with Crippen LogP contribution in [-0.4, -0.2) is 17.0 Å². The van der Waals surface area contributed by atoms with E-state index in [1.807, 2.05) is 6.92 Å². The minimum atomic E-state index is -0.415. The lowest BCUT2D eigenvalue weighted by molar-refractivity contribution is 0.615. The number of aromatic nitrogens is 2. The van der Waals surface area contributed by atoms with Crippen molar-refractivity contribution in [3.05, 3.63) is 39.2 Å². The average molecular weight is 272 g/mol. The minimum Gasteiger partial charge on any atom is -0.352 e. The zero-order valence-corrected chi connectivity index (χ0v) is 11.0. The summed E-state index contributed by atoms with van der Waals surface area (Å²) in [5, 5.41) is 0.300. The number of hydrogen-bond donors (Lipinski definition) is 0. The predicted molar refractivity (Wildman–Crippen MR) is 68.2 cm³/mol. The molecule has 6 heteroatoms. The van der Waals surface area contributed by atoms with Gasteiger partial charge in [-0.15, -0.1) is 11.3 Å². The fourth-order valence-electron chi connectivity index (χ4n) is 1.46. The second-order valence-electron chi connectivity index (χ2n) is 3.68. The molecule has 0 amide bonds. The van der Waals surface area contributed by atoms with Gasteiger partial charge in [-0.25, -0.2) is 14.4 Å². The molecule has 0 unspecified atom stereocenters. The van der Waals surface area contributed by atoms with Crippen molar-refractivity contribution in [1.82, 2.24) is 9.97 Å². The zero-order chi connectivity index (χ0) is 12.4. The Balaban J connectivity index is 2.20. The molecule has 0 saturated heterocycles. The average Bonchev–Trinajstić information content (AvgIpc) is 2.64. The molecule has 2 heterocycles. The highest BCUT2D eigenvalue weighted by molar-refractivity contribution is 7.09. The molecule has 0 aliphatic heterocycles. The Morgan fingerprint density at radius 2 is 2.24 bits per heavy atom. The summed E-state index contributed by atoms with van der Waals surface area (Å²) in [7, 11) is 1.79. The van der Waals surface area contributed by atoms with Crippen LogP contribution in [0.1, 0.15) is 10.6 Å². The predicted octanol–water partition coefficient (Wildman–Crippen LogP) is 3.28. The maximum absolute atomic E-state index is 13.6. The van der Waals surface area contributed by atoms with E-state index in [0.717, 1.165) is 10.6 Å². The Labute approximate surface area is 108 Å². The normalized spacial score (nSPS) is 10.6. The lowest BCUT2D eigenvalue weighted by Crippen LogP contribution is -2.18. The number of thiazole rings is 1. The number of rotatable bonds is 3. The molecule has 0 saturated carbocycles. The fourth-order valence-corrected chi connectivity index (χ4v) is 2.43. The molecule has 0 N–H and O–H groups in total. The summed E-state index contributed by atoms with van der Waals surface area (Å²) >= 11 is 7.21. The molecule has 90 valence electrons. The first-order valence-corrected chi connectivity index (χ1v) is 6.25. The molecule has 0 fully saturated rings. The fraction of sp³-hybridized carbons (Fsp3) is 0.273. The van der Waals surface area contributed by atoms with Gasteiger partial charge in [0.1, 0.15) is 0 Å². The first kappa shape index (κ1) is 12.3. The SMILES string of the molecule is Cc1ncsc1CN(C)c1ncc(Cl)cc1F. The monoisotopic (exact) mass is 271 g/mol. The number of aryl methyl sites for hydroxylation is 1. The minimum absolute atomic E-state index is 0.294. The molecule has 2 rings (SSSR count). The molecular weight excluding hydrogens is 261 g/mol. The molecule has 0 aliphatic rings. The van der Waals surface area contributed by atoms with Crippen molar-refractivity contribution in [2.75, 3.05) is 11.9 Å². The Morgan fingerprint density at radius 3 is 2.82 bits per heavy atom. The molecule has 2 aromatic heterocycles. The van der Waals surface area contributed by atoms with Crippen LogP contribution >= 0.6 is 22.9 Å². The van der Waals surface area contributed by atoms with E-state index in [2.05, 4.69) is 9.97 Å². The van der Waals surface area contributed by atoms with E-state index in [-0.39, 0.29) is 0 Å². The summed E-state index contributed by atoms with van der Waals surface area (Å²) < 4.78 is 13.6. The van der Waals surface area contributed by atoms with Crippen molar-refractivity contribution in [3.8, 4) is 0 Å². The van der Waals surface area contributed by atoms with Crippen LogP contribution < -0.4 is 4.90 Å². The van der Waals surface area contributed by atoms with Gasteiger partial charge in [0.15, 0.2) is 11.6 Å². The van der Waals surface area contributed by atoms with Gasteiger partial charge in [-0.05, 0) is 13.0 Å². The summed E-state index contributed by atoms with van der Waals surface area (Å²) in [5.74, 6) is -0.121. The third kappa shape index (κ3) is 2.73. The van der Waals surface area contributed by atoms with Gasteiger partial charge in [-0.3, -0.25) is 0 Å². The van der Waals surface area contributed by atoms with E-state index < -0.39 is 5.82 Å². The first-order chi connectivity index (χ1) is 8.08. The molecular formula is C11H11ClFN3S. The summed E-state index contributed by atoms with van der Waals surface area (Å²) in [6.45, 7) is 2.52. The number of hydrogen-bond acceptors (Lipinski definition) is 4. The topological polar surface area (TPSA) is 29.0 Å². The molecule has 2 aromatic rings. The lowest BCUT2D eigenvalue weighted by Gasteiger charge is -2.18. The maximum Gasteiger partial charge on any atom is 0.167 e. The quantitative estimate of drug-likeness (QED) is 0.858. The molecule has 0 radical (unpaired) electrons. The van der Waals surface area contributed by atoms with Gasteiger partial charge in [-0.1, -0.05) is 11.6 Å². The molecule has 0 atom stereocenters. The summed E-state index contributed by atoms with van der Waals surface area (Å²) in [4.78, 5) is 11.0. The number of pyridine rings is 1. The van der Waals surface area contributed by atoms with Crippen molar-refractivity contribution < 1.29 is 4.39 Å². The van der Waals surface area contributed by atoms with Crippen LogP contribution in [0.25, 0.3) is 0 Å². The van der Waals surface area contributed by atoms with Gasteiger partial charge in [0.2, 0.25) is 0 Å². The highest BCUT2D eigenvalue weighted by Gasteiger charge is 2.12. The van der Waals surface area contributed by atoms with E-state index in [4.69, 9.17) is 11.6 Å². The van der Waals surface area contributed by atoms with Crippen molar-refractivity contribution in [2.45, 2.75) is 13.5 Å². The van der Waals surface area contributed by atoms with E-state index in [0.29, 0.717) is 17.4 Å². The van der Waals surface area contributed by atoms with Gasteiger partial charge in [0, 0.05) is 18.1 Å². The van der Waals surface area contributed by atoms with Crippen LogP contribution in [-0.2, 0) is 6.54 Å². The number of nitrogens with zero attached hydrogens (tertiary/aromatic N) is 3. The van der Waals surface area contributed by atoms with E-state index in [1.165, 1.54) is 12.3 Å². The number of halogens is 2. The lowest BCUT2D eigenvalue weighted by atomic mass is 10.3. The second kappa shape index (κ2) is 4.98. The molecule has 0 bridgehead atoms. The Hall–Kier alpha value is -1.20. The van der Waals surface area contributed by atoms with E-state index in [9.17, 15) is 4.39 Å². The van der Waals surface area contributed by atoms with E-state index >= 15 is 0 Å². The molecule has 0 aliphatic carbocycles. The second-order valence-corrected chi connectivity index (χ2v) is 5.05. The highest BCUT2D eigenvalue weighted by Crippen LogP contribution is 2.22. The molecule has 3 nitrogen and oxygen atoms in total. The van der Waals surface area contributed by atoms with Gasteiger partial charge in [0.05, 0.1) is 22.8 Å². The van der Waals surface area contributed by atoms with Crippen molar-refractivity contribution in [1.29, 1.82) is 0 Å². The first-order valence-electron chi connectivity index (χ1n) is 4.99. The van der Waals surface area contributed by atoms with Crippen LogP contribution in [0, 0.1) is 12.7 Å². The van der Waals surface area contributed by atoms with Gasteiger partial charge in [-0.2, -0.15) is 0 Å². The van der Waals surface area contributed by atoms with Gasteiger partial charge in [0.25, 0.3) is 0 Å². The maximum atomic E-state index is 13.6. The Morgan fingerprint density at radius 1 is 1.47 bits per heavy atom. The summed E-state index contributed by atoms with van der Waals surface area (Å²) in [6.07, 6.45) is 1.44. The van der Waals surface area contributed by atoms with Crippen molar-refractivity contribution >= 4 is 28.8 Å². The third-order valence-corrected chi connectivity index (χ3v) is 3.50. The summed E-state index contributed by atoms with van der Waals surface area (Å²) in [5.41, 5.74) is 2.75. The van der Waals surface area contributed by atoms with Crippen LogP contribution in [0.3, 0.4) is 0 Å². The van der Waals surface area contributed by atoms with Crippen molar-refractivity contribution in [3.63, 3.8) is 0 Å². The van der Waals surface area contributed by atoms with Gasteiger partial charge >= 0.3 is 0 Å². The molecule has 17 heavy (non-hydrogen) atoms. The molecule has 0 aromatic carbocycles. The van der Waals surface area contributed by atoms with Gasteiger partial charge < -0.3 is 4.90 Å². The van der Waals surface area contributed by atoms with E-state index in [1.54, 1.807) is 28.8 Å². The Bertz CT molecular complexity index is 529. The standard InChI is InChI=1S/C11H11ClFN3S/c1-7-10(17-6-15-7)5-16(2)11-9(13)3-8(12)4-14-11/h3-4,6H,5H2,1-2H3. The highest BCUT2D eigenvalue weighted by atomic mass is 35.5.